The first-order chi connectivity index (χ1) is 8.16. The zero-order valence-corrected chi connectivity index (χ0v) is 11.6. The zero-order valence-electron chi connectivity index (χ0n) is 10.0. The Morgan fingerprint density at radius 1 is 1.35 bits per heavy atom. The van der Waals surface area contributed by atoms with Crippen LogP contribution in [0.1, 0.15) is 29.0 Å². The van der Waals surface area contributed by atoms with E-state index in [0.29, 0.717) is 6.04 Å². The van der Waals surface area contributed by atoms with Gasteiger partial charge in [-0.05, 0) is 31.0 Å². The van der Waals surface area contributed by atoms with Crippen LogP contribution in [0.5, 0.6) is 0 Å². The maximum absolute atomic E-state index is 5.90. The van der Waals surface area contributed by atoms with Crippen molar-refractivity contribution in [3.05, 3.63) is 56.7 Å². The number of benzene rings is 1. The predicted octanol–water partition coefficient (Wildman–Crippen LogP) is 4.56. The van der Waals surface area contributed by atoms with Gasteiger partial charge in [0, 0.05) is 22.8 Å². The molecule has 2 rings (SSSR count). The molecule has 1 heterocycles. The average Bonchev–Trinajstić information content (AvgIpc) is 2.73. The van der Waals surface area contributed by atoms with Crippen LogP contribution in [0.15, 0.2) is 35.7 Å². The van der Waals surface area contributed by atoms with Crippen LogP contribution in [0.4, 0.5) is 0 Å². The van der Waals surface area contributed by atoms with Gasteiger partial charge in [0.1, 0.15) is 0 Å². The third-order valence-electron chi connectivity index (χ3n) is 2.86. The molecule has 0 fully saturated rings. The monoisotopic (exact) mass is 265 g/mol. The van der Waals surface area contributed by atoms with E-state index in [-0.39, 0.29) is 0 Å². The molecule has 1 aromatic heterocycles. The normalized spacial score (nSPS) is 12.6. The van der Waals surface area contributed by atoms with Crippen LogP contribution in [0, 0.1) is 6.92 Å². The summed E-state index contributed by atoms with van der Waals surface area (Å²) in [5.41, 5.74) is 2.69. The lowest BCUT2D eigenvalue weighted by atomic mass is 10.0. The Hall–Kier alpha value is -0.830. The molecule has 0 spiro atoms. The third-order valence-corrected chi connectivity index (χ3v) is 4.14. The number of nitrogens with one attached hydrogen (secondary N) is 1. The van der Waals surface area contributed by atoms with E-state index in [1.807, 2.05) is 11.4 Å². The van der Waals surface area contributed by atoms with Crippen molar-refractivity contribution in [2.24, 2.45) is 0 Å². The molecule has 0 unspecified atom stereocenters. The molecular formula is C14H16ClNS. The molecule has 0 saturated heterocycles. The highest BCUT2D eigenvalue weighted by Crippen LogP contribution is 2.21. The van der Waals surface area contributed by atoms with Crippen molar-refractivity contribution in [3.63, 3.8) is 0 Å². The summed E-state index contributed by atoms with van der Waals surface area (Å²) in [5.74, 6) is 0. The van der Waals surface area contributed by atoms with E-state index in [4.69, 9.17) is 11.6 Å². The molecule has 2 aromatic rings. The molecule has 0 amide bonds. The fourth-order valence-corrected chi connectivity index (χ4v) is 2.91. The number of hydrogen-bond donors (Lipinski definition) is 1. The highest BCUT2D eigenvalue weighted by Gasteiger charge is 2.07. The molecule has 1 aromatic carbocycles. The Morgan fingerprint density at radius 2 is 2.12 bits per heavy atom. The van der Waals surface area contributed by atoms with E-state index in [9.17, 15) is 0 Å². The first-order valence-corrected chi connectivity index (χ1v) is 6.94. The fourth-order valence-electron chi connectivity index (χ4n) is 1.88. The minimum Gasteiger partial charge on any atom is -0.305 e. The SMILES string of the molecule is Cc1ccccc1[C@@H](C)NCc1cc(Cl)cs1. The standard InChI is InChI=1S/C14H16ClNS/c1-10-5-3-4-6-14(10)11(2)16-8-13-7-12(15)9-17-13/h3-7,9,11,16H,8H2,1-2H3/t11-/m1/s1. The van der Waals surface area contributed by atoms with Gasteiger partial charge in [0.2, 0.25) is 0 Å². The maximum atomic E-state index is 5.90. The summed E-state index contributed by atoms with van der Waals surface area (Å²) in [7, 11) is 0. The van der Waals surface area contributed by atoms with Gasteiger partial charge in [0.25, 0.3) is 0 Å². The van der Waals surface area contributed by atoms with Gasteiger partial charge < -0.3 is 5.32 Å². The van der Waals surface area contributed by atoms with E-state index in [0.717, 1.165) is 11.6 Å². The minimum atomic E-state index is 0.358. The van der Waals surface area contributed by atoms with Crippen molar-refractivity contribution in [1.29, 1.82) is 0 Å². The second kappa shape index (κ2) is 5.67. The molecule has 1 nitrogen and oxygen atoms in total. The lowest BCUT2D eigenvalue weighted by Gasteiger charge is -2.15. The number of hydrogen-bond acceptors (Lipinski definition) is 2. The summed E-state index contributed by atoms with van der Waals surface area (Å²) in [6, 6.07) is 10.9. The lowest BCUT2D eigenvalue weighted by molar-refractivity contribution is 0.576. The Labute approximate surface area is 111 Å². The second-order valence-electron chi connectivity index (χ2n) is 4.19. The molecule has 1 atom stereocenters. The number of aryl methyl sites for hydroxylation is 1. The van der Waals surface area contributed by atoms with Crippen molar-refractivity contribution in [2.75, 3.05) is 0 Å². The molecule has 0 aliphatic rings. The highest BCUT2D eigenvalue weighted by molar-refractivity contribution is 7.10. The largest absolute Gasteiger partial charge is 0.305 e. The Balaban J connectivity index is 1.98. The number of thiophene rings is 1. The van der Waals surface area contributed by atoms with Crippen molar-refractivity contribution < 1.29 is 0 Å². The van der Waals surface area contributed by atoms with Gasteiger partial charge in [-0.15, -0.1) is 11.3 Å². The van der Waals surface area contributed by atoms with E-state index in [1.165, 1.54) is 16.0 Å². The summed E-state index contributed by atoms with van der Waals surface area (Å²) >= 11 is 7.60. The highest BCUT2D eigenvalue weighted by atomic mass is 35.5. The van der Waals surface area contributed by atoms with Crippen molar-refractivity contribution in [2.45, 2.75) is 26.4 Å². The van der Waals surface area contributed by atoms with Gasteiger partial charge >= 0.3 is 0 Å². The summed E-state index contributed by atoms with van der Waals surface area (Å²) < 4.78 is 0. The van der Waals surface area contributed by atoms with Crippen LogP contribution in [-0.4, -0.2) is 0 Å². The first-order valence-electron chi connectivity index (χ1n) is 5.68. The Bertz CT molecular complexity index is 492. The van der Waals surface area contributed by atoms with Gasteiger partial charge in [0.15, 0.2) is 0 Å². The molecule has 3 heteroatoms. The molecular weight excluding hydrogens is 250 g/mol. The molecule has 0 saturated carbocycles. The molecule has 17 heavy (non-hydrogen) atoms. The molecule has 0 bridgehead atoms. The first kappa shape index (κ1) is 12.6. The minimum absolute atomic E-state index is 0.358. The fraction of sp³-hybridized carbons (Fsp3) is 0.286. The van der Waals surface area contributed by atoms with E-state index in [1.54, 1.807) is 11.3 Å². The van der Waals surface area contributed by atoms with E-state index in [2.05, 4.69) is 43.4 Å². The van der Waals surface area contributed by atoms with Gasteiger partial charge in [-0.3, -0.25) is 0 Å². The number of halogens is 1. The van der Waals surface area contributed by atoms with Gasteiger partial charge in [0.05, 0.1) is 5.02 Å². The zero-order chi connectivity index (χ0) is 12.3. The van der Waals surface area contributed by atoms with Crippen LogP contribution >= 0.6 is 22.9 Å². The molecule has 1 N–H and O–H groups in total. The van der Waals surface area contributed by atoms with Gasteiger partial charge in [-0.25, -0.2) is 0 Å². The molecule has 0 aliphatic carbocycles. The van der Waals surface area contributed by atoms with E-state index >= 15 is 0 Å². The van der Waals surface area contributed by atoms with Crippen LogP contribution in [0.3, 0.4) is 0 Å². The summed E-state index contributed by atoms with van der Waals surface area (Å²) in [6.07, 6.45) is 0. The Kier molecular flexibility index (Phi) is 4.21. The van der Waals surface area contributed by atoms with Crippen molar-refractivity contribution >= 4 is 22.9 Å². The average molecular weight is 266 g/mol. The second-order valence-corrected chi connectivity index (χ2v) is 5.62. The quantitative estimate of drug-likeness (QED) is 0.855. The van der Waals surface area contributed by atoms with Gasteiger partial charge in [-0.2, -0.15) is 0 Å². The van der Waals surface area contributed by atoms with Crippen LogP contribution in [0.25, 0.3) is 0 Å². The third kappa shape index (κ3) is 3.32. The van der Waals surface area contributed by atoms with E-state index < -0.39 is 0 Å². The molecule has 0 aliphatic heterocycles. The summed E-state index contributed by atoms with van der Waals surface area (Å²) in [4.78, 5) is 1.27. The molecule has 0 radical (unpaired) electrons. The smallest absolute Gasteiger partial charge is 0.0516 e. The van der Waals surface area contributed by atoms with Crippen LogP contribution in [0.2, 0.25) is 5.02 Å². The van der Waals surface area contributed by atoms with Crippen molar-refractivity contribution in [3.8, 4) is 0 Å². The van der Waals surface area contributed by atoms with Crippen molar-refractivity contribution in [1.82, 2.24) is 5.32 Å². The summed E-state index contributed by atoms with van der Waals surface area (Å²) in [6.45, 7) is 5.21. The number of rotatable bonds is 4. The topological polar surface area (TPSA) is 12.0 Å². The van der Waals surface area contributed by atoms with Gasteiger partial charge in [-0.1, -0.05) is 35.9 Å². The van der Waals surface area contributed by atoms with Crippen LogP contribution in [-0.2, 0) is 6.54 Å². The Morgan fingerprint density at radius 3 is 2.76 bits per heavy atom. The predicted molar refractivity (Wildman–Crippen MR) is 75.8 cm³/mol. The maximum Gasteiger partial charge on any atom is 0.0516 e. The summed E-state index contributed by atoms with van der Waals surface area (Å²) in [5, 5.41) is 6.32. The molecule has 90 valence electrons. The van der Waals surface area contributed by atoms with Crippen LogP contribution < -0.4 is 5.32 Å². The lowest BCUT2D eigenvalue weighted by Crippen LogP contribution is -2.18.